The lowest BCUT2D eigenvalue weighted by atomic mass is 10.0. The maximum Gasteiger partial charge on any atom is 0.121 e. The monoisotopic (exact) mass is 267 g/mol. The predicted molar refractivity (Wildman–Crippen MR) is 82.6 cm³/mol. The van der Waals surface area contributed by atoms with Crippen molar-refractivity contribution in [2.45, 2.75) is 6.42 Å². The Kier molecular flexibility index (Phi) is 3.13. The van der Waals surface area contributed by atoms with E-state index in [0.717, 1.165) is 39.2 Å². The van der Waals surface area contributed by atoms with Gasteiger partial charge in [-0.25, -0.2) is 4.98 Å². The Morgan fingerprint density at radius 1 is 1.21 bits per heavy atom. The highest BCUT2D eigenvalue weighted by Gasteiger charge is 2.11. The van der Waals surface area contributed by atoms with Crippen molar-refractivity contribution in [3.8, 4) is 5.75 Å². The highest BCUT2D eigenvalue weighted by atomic mass is 32.1. The van der Waals surface area contributed by atoms with Crippen LogP contribution < -0.4 is 4.74 Å². The van der Waals surface area contributed by atoms with Crippen LogP contribution in [-0.4, -0.2) is 17.0 Å². The first-order valence-electron chi connectivity index (χ1n) is 6.13. The van der Waals surface area contributed by atoms with Gasteiger partial charge in [-0.05, 0) is 18.2 Å². The minimum absolute atomic E-state index is 0.817. The largest absolute Gasteiger partial charge is 0.497 e. The molecule has 0 unspecified atom stereocenters. The van der Waals surface area contributed by atoms with Gasteiger partial charge in [0.05, 0.1) is 18.3 Å². The quantitative estimate of drug-likeness (QED) is 0.769. The van der Waals surface area contributed by atoms with Crippen molar-refractivity contribution in [1.82, 2.24) is 4.98 Å². The number of allylic oxidation sites excluding steroid dienone is 4. The summed E-state index contributed by atoms with van der Waals surface area (Å²) >= 11 is 5.40. The lowest BCUT2D eigenvalue weighted by Gasteiger charge is -2.11. The number of ether oxygens (including phenoxy) is 1. The number of thiocarbonyl (C=S) groups is 1. The minimum atomic E-state index is 0.817. The van der Waals surface area contributed by atoms with E-state index >= 15 is 0 Å². The van der Waals surface area contributed by atoms with Crippen molar-refractivity contribution >= 4 is 33.6 Å². The summed E-state index contributed by atoms with van der Waals surface area (Å²) < 4.78 is 5.24. The SMILES string of the molecule is COc1ccc2ccc(C3=CC=CCC3=S)nc2c1. The van der Waals surface area contributed by atoms with Crippen LogP contribution >= 0.6 is 12.2 Å². The third-order valence-electron chi connectivity index (χ3n) is 3.18. The van der Waals surface area contributed by atoms with E-state index in [2.05, 4.69) is 17.1 Å². The van der Waals surface area contributed by atoms with Gasteiger partial charge in [-0.1, -0.05) is 36.5 Å². The zero-order valence-corrected chi connectivity index (χ0v) is 11.4. The van der Waals surface area contributed by atoms with Crippen molar-refractivity contribution < 1.29 is 4.74 Å². The van der Waals surface area contributed by atoms with Crippen LogP contribution in [0.15, 0.2) is 48.6 Å². The third kappa shape index (κ3) is 2.29. The molecule has 2 aromatic rings. The highest BCUT2D eigenvalue weighted by Crippen LogP contribution is 2.24. The first-order valence-corrected chi connectivity index (χ1v) is 6.54. The molecule has 0 saturated carbocycles. The average molecular weight is 267 g/mol. The molecule has 3 heteroatoms. The summed E-state index contributed by atoms with van der Waals surface area (Å²) in [5, 5.41) is 1.10. The molecule has 1 aromatic carbocycles. The number of hydrogen-bond acceptors (Lipinski definition) is 3. The first kappa shape index (κ1) is 12.1. The zero-order valence-electron chi connectivity index (χ0n) is 10.6. The Morgan fingerprint density at radius 3 is 2.84 bits per heavy atom. The summed E-state index contributed by atoms with van der Waals surface area (Å²) in [6.07, 6.45) is 6.94. The maximum atomic E-state index is 5.40. The van der Waals surface area contributed by atoms with Crippen LogP contribution in [0, 0.1) is 0 Å². The van der Waals surface area contributed by atoms with Crippen molar-refractivity contribution in [2.24, 2.45) is 0 Å². The molecule has 0 aliphatic heterocycles. The first-order chi connectivity index (χ1) is 9.28. The van der Waals surface area contributed by atoms with Crippen LogP contribution in [0.3, 0.4) is 0 Å². The average Bonchev–Trinajstić information content (AvgIpc) is 2.46. The van der Waals surface area contributed by atoms with E-state index in [1.54, 1.807) is 7.11 Å². The topological polar surface area (TPSA) is 22.1 Å². The van der Waals surface area contributed by atoms with Gasteiger partial charge in [0.1, 0.15) is 5.75 Å². The number of aromatic nitrogens is 1. The smallest absolute Gasteiger partial charge is 0.121 e. The van der Waals surface area contributed by atoms with Crippen LogP contribution in [0.1, 0.15) is 12.1 Å². The van der Waals surface area contributed by atoms with Crippen molar-refractivity contribution in [2.75, 3.05) is 7.11 Å². The van der Waals surface area contributed by atoms with Gasteiger partial charge in [0.25, 0.3) is 0 Å². The molecule has 1 aliphatic rings. The number of fused-ring (bicyclic) bond motifs is 1. The highest BCUT2D eigenvalue weighted by molar-refractivity contribution is 7.81. The molecule has 1 aromatic heterocycles. The van der Waals surface area contributed by atoms with Crippen LogP contribution in [0.4, 0.5) is 0 Å². The third-order valence-corrected chi connectivity index (χ3v) is 3.56. The second-order valence-corrected chi connectivity index (χ2v) is 4.88. The fourth-order valence-electron chi connectivity index (χ4n) is 2.14. The van der Waals surface area contributed by atoms with Crippen LogP contribution in [0.25, 0.3) is 16.5 Å². The molecule has 0 N–H and O–H groups in total. The molecular formula is C16H13NOS. The Labute approximate surface area is 117 Å². The van der Waals surface area contributed by atoms with Gasteiger partial charge in [-0.15, -0.1) is 0 Å². The lowest BCUT2D eigenvalue weighted by molar-refractivity contribution is 0.415. The molecule has 94 valence electrons. The van der Waals surface area contributed by atoms with Gasteiger partial charge < -0.3 is 4.74 Å². The molecule has 0 amide bonds. The molecule has 0 saturated heterocycles. The van der Waals surface area contributed by atoms with E-state index in [4.69, 9.17) is 17.0 Å². The minimum Gasteiger partial charge on any atom is -0.497 e. The van der Waals surface area contributed by atoms with Crippen molar-refractivity contribution in [3.63, 3.8) is 0 Å². The normalized spacial score (nSPS) is 14.6. The number of benzene rings is 1. The summed E-state index contributed by atoms with van der Waals surface area (Å²) in [5.74, 6) is 0.817. The van der Waals surface area contributed by atoms with E-state index in [9.17, 15) is 0 Å². The molecule has 1 heterocycles. The van der Waals surface area contributed by atoms with Gasteiger partial charge >= 0.3 is 0 Å². The molecule has 0 radical (unpaired) electrons. The summed E-state index contributed by atoms with van der Waals surface area (Å²) in [4.78, 5) is 5.63. The molecular weight excluding hydrogens is 254 g/mol. The molecule has 2 nitrogen and oxygen atoms in total. The van der Waals surface area contributed by atoms with Crippen LogP contribution in [-0.2, 0) is 0 Å². The van der Waals surface area contributed by atoms with Gasteiger partial charge in [-0.2, -0.15) is 0 Å². The lowest BCUT2D eigenvalue weighted by Crippen LogP contribution is -2.02. The summed E-state index contributed by atoms with van der Waals surface area (Å²) in [5.41, 5.74) is 2.90. The van der Waals surface area contributed by atoms with Gasteiger partial charge in [0, 0.05) is 28.3 Å². The number of rotatable bonds is 2. The number of hydrogen-bond donors (Lipinski definition) is 0. The van der Waals surface area contributed by atoms with Gasteiger partial charge in [-0.3, -0.25) is 0 Å². The van der Waals surface area contributed by atoms with Gasteiger partial charge in [0.2, 0.25) is 0 Å². The Bertz CT molecular complexity index is 716. The van der Waals surface area contributed by atoms with Crippen molar-refractivity contribution in [3.05, 3.63) is 54.3 Å². The van der Waals surface area contributed by atoms with E-state index in [0.29, 0.717) is 0 Å². The second kappa shape index (κ2) is 4.94. The number of nitrogens with zero attached hydrogens (tertiary/aromatic N) is 1. The van der Waals surface area contributed by atoms with E-state index in [1.807, 2.05) is 36.4 Å². The molecule has 3 rings (SSSR count). The maximum absolute atomic E-state index is 5.40. The summed E-state index contributed by atoms with van der Waals surface area (Å²) in [7, 11) is 1.66. The number of methoxy groups -OCH3 is 1. The Balaban J connectivity index is 2.12. The van der Waals surface area contributed by atoms with E-state index < -0.39 is 0 Å². The summed E-state index contributed by atoms with van der Waals surface area (Å²) in [6.45, 7) is 0. The summed E-state index contributed by atoms with van der Waals surface area (Å²) in [6, 6.07) is 9.99. The van der Waals surface area contributed by atoms with Gasteiger partial charge in [0.15, 0.2) is 0 Å². The molecule has 0 spiro atoms. The molecule has 0 bridgehead atoms. The predicted octanol–water partition coefficient (Wildman–Crippen LogP) is 3.96. The zero-order chi connectivity index (χ0) is 13.2. The van der Waals surface area contributed by atoms with Crippen LogP contribution in [0.5, 0.6) is 5.75 Å². The fraction of sp³-hybridized carbons (Fsp3) is 0.125. The fourth-order valence-corrected chi connectivity index (χ4v) is 2.41. The second-order valence-electron chi connectivity index (χ2n) is 4.39. The molecule has 0 fully saturated rings. The number of pyridine rings is 1. The van der Waals surface area contributed by atoms with E-state index in [1.165, 1.54) is 0 Å². The van der Waals surface area contributed by atoms with Crippen LogP contribution in [0.2, 0.25) is 0 Å². The Morgan fingerprint density at radius 2 is 2.05 bits per heavy atom. The molecule has 0 atom stereocenters. The van der Waals surface area contributed by atoms with E-state index in [-0.39, 0.29) is 0 Å². The van der Waals surface area contributed by atoms with Crippen molar-refractivity contribution in [1.29, 1.82) is 0 Å². The molecule has 19 heavy (non-hydrogen) atoms. The molecule has 1 aliphatic carbocycles. The Hall–Kier alpha value is -2.00. The standard InChI is InChI=1S/C16H13NOS/c1-18-12-8-6-11-7-9-14(17-15(11)10-12)13-4-2-3-5-16(13)19/h2-4,6-10H,5H2,1H3.